The van der Waals surface area contributed by atoms with Crippen molar-refractivity contribution in [3.05, 3.63) is 68.1 Å². The summed E-state index contributed by atoms with van der Waals surface area (Å²) in [5, 5.41) is 0.868. The third kappa shape index (κ3) is 7.13. The number of aryl methyl sites for hydroxylation is 2. The minimum absolute atomic E-state index is 0.0166. The maximum absolute atomic E-state index is 14.4. The van der Waals surface area contributed by atoms with Gasteiger partial charge in [-0.2, -0.15) is 12.7 Å². The highest BCUT2D eigenvalue weighted by Crippen LogP contribution is 2.37. The standard InChI is InChI=1S/C37H46F2N6O7S/c1-23-17-30(42-16-15-41(3)26(19-42)21-51-4)24(2)33-32(23)27-9-13-43(20-29(27)36(48)52-33)35(47)25-7-8-28(31(18-25)44-14-10-37(38,39)22-44)34(46)40-53(49,50)45-11-5-6-12-45/h7-8,17-18,26H,5-6,9-16,19-22H2,1-4H3,(H,40,46)/t26-/m1/s1. The van der Waals surface area contributed by atoms with Crippen molar-refractivity contribution in [3.63, 3.8) is 0 Å². The number of methoxy groups -OCH3 is 1. The molecule has 4 aliphatic rings. The van der Waals surface area contributed by atoms with Crippen LogP contribution in [0, 0.1) is 13.8 Å². The Labute approximate surface area is 307 Å². The molecule has 2 amide bonds. The van der Waals surface area contributed by atoms with Crippen LogP contribution in [0.2, 0.25) is 0 Å². The first-order valence-electron chi connectivity index (χ1n) is 18.1. The number of nitrogens with one attached hydrogen (secondary N) is 1. The summed E-state index contributed by atoms with van der Waals surface area (Å²) < 4.78 is 69.3. The number of anilines is 2. The Morgan fingerprint density at radius 2 is 1.75 bits per heavy atom. The van der Waals surface area contributed by atoms with E-state index in [9.17, 15) is 31.6 Å². The molecule has 5 heterocycles. The van der Waals surface area contributed by atoms with Crippen molar-refractivity contribution >= 4 is 44.4 Å². The number of nitrogens with zero attached hydrogens (tertiary/aromatic N) is 5. The molecule has 1 atom stereocenters. The van der Waals surface area contributed by atoms with E-state index in [2.05, 4.69) is 27.6 Å². The highest BCUT2D eigenvalue weighted by atomic mass is 32.2. The van der Waals surface area contributed by atoms with Crippen molar-refractivity contribution in [1.82, 2.24) is 18.8 Å². The lowest BCUT2D eigenvalue weighted by Crippen LogP contribution is -2.53. The molecule has 0 spiro atoms. The first kappa shape index (κ1) is 37.2. The molecular weight excluding hydrogens is 711 g/mol. The second-order valence-corrected chi connectivity index (χ2v) is 16.4. The normalized spacial score (nSPS) is 21.0. The van der Waals surface area contributed by atoms with E-state index in [-0.39, 0.29) is 55.6 Å². The third-order valence-electron chi connectivity index (χ3n) is 11.2. The van der Waals surface area contributed by atoms with Crippen LogP contribution in [0.4, 0.5) is 20.2 Å². The summed E-state index contributed by atoms with van der Waals surface area (Å²) in [4.78, 5) is 48.4. The molecule has 0 aliphatic carbocycles. The van der Waals surface area contributed by atoms with Crippen LogP contribution in [-0.2, 0) is 27.9 Å². The summed E-state index contributed by atoms with van der Waals surface area (Å²) in [5.74, 6) is -4.44. The Kier molecular flexibility index (Phi) is 10.0. The molecule has 4 aliphatic heterocycles. The maximum Gasteiger partial charge on any atom is 0.341 e. The van der Waals surface area contributed by atoms with E-state index in [1.807, 2.05) is 13.8 Å². The molecular formula is C37H46F2N6O7S. The van der Waals surface area contributed by atoms with E-state index >= 15 is 0 Å². The van der Waals surface area contributed by atoms with Crippen LogP contribution in [0.1, 0.15) is 62.2 Å². The average Bonchev–Trinajstić information content (AvgIpc) is 3.81. The summed E-state index contributed by atoms with van der Waals surface area (Å²) in [6.45, 7) is 7.09. The molecule has 7 rings (SSSR count). The maximum atomic E-state index is 14.4. The number of amides is 2. The number of benzene rings is 2. The zero-order chi connectivity index (χ0) is 37.8. The van der Waals surface area contributed by atoms with Crippen LogP contribution in [-0.4, -0.2) is 119 Å². The first-order chi connectivity index (χ1) is 25.2. The molecule has 3 saturated heterocycles. The third-order valence-corrected chi connectivity index (χ3v) is 12.7. The number of carbonyl (C=O) groups is 2. The SMILES string of the molecule is COC[C@H]1CN(c2cc(C)c3c4c(c(=O)oc3c2C)CN(C(=O)c2ccc(C(=O)NS(=O)(=O)N3CCCC3)c(N3CCC(F)(F)C3)c2)CC4)CCN1C. The summed E-state index contributed by atoms with van der Waals surface area (Å²) in [5.41, 5.74) is 4.14. The van der Waals surface area contributed by atoms with Crippen molar-refractivity contribution in [1.29, 1.82) is 0 Å². The summed E-state index contributed by atoms with van der Waals surface area (Å²) in [6, 6.07) is 6.42. The van der Waals surface area contributed by atoms with Gasteiger partial charge in [0.15, 0.2) is 0 Å². The van der Waals surface area contributed by atoms with E-state index in [4.69, 9.17) is 9.15 Å². The molecule has 0 bridgehead atoms. The summed E-state index contributed by atoms with van der Waals surface area (Å²) in [6.07, 6.45) is 1.29. The Hall–Kier alpha value is -4.12. The fourth-order valence-corrected chi connectivity index (χ4v) is 9.41. The predicted molar refractivity (Wildman–Crippen MR) is 196 cm³/mol. The fourth-order valence-electron chi connectivity index (χ4n) is 8.20. The fraction of sp³-hybridized carbons (Fsp3) is 0.541. The van der Waals surface area contributed by atoms with Crippen molar-refractivity contribution in [2.75, 3.05) is 82.9 Å². The van der Waals surface area contributed by atoms with Crippen LogP contribution >= 0.6 is 0 Å². The van der Waals surface area contributed by atoms with E-state index in [1.165, 1.54) is 32.3 Å². The Morgan fingerprint density at radius 3 is 2.45 bits per heavy atom. The molecule has 3 fully saturated rings. The minimum atomic E-state index is -4.14. The minimum Gasteiger partial charge on any atom is -0.422 e. The van der Waals surface area contributed by atoms with Crippen molar-refractivity contribution in [3.8, 4) is 0 Å². The quantitative estimate of drug-likeness (QED) is 0.342. The number of alkyl halides is 2. The van der Waals surface area contributed by atoms with Crippen LogP contribution in [0.5, 0.6) is 0 Å². The number of carbonyl (C=O) groups excluding carboxylic acids is 2. The van der Waals surface area contributed by atoms with Crippen LogP contribution in [0.15, 0.2) is 33.5 Å². The van der Waals surface area contributed by atoms with Crippen LogP contribution in [0.3, 0.4) is 0 Å². The molecule has 2 aromatic carbocycles. The molecule has 53 heavy (non-hydrogen) atoms. The smallest absolute Gasteiger partial charge is 0.341 e. The number of ether oxygens (including phenoxy) is 1. The average molecular weight is 757 g/mol. The first-order valence-corrected chi connectivity index (χ1v) is 19.5. The van der Waals surface area contributed by atoms with Gasteiger partial charge < -0.3 is 23.9 Å². The topological polar surface area (TPSA) is 136 Å². The zero-order valence-corrected chi connectivity index (χ0v) is 31.4. The van der Waals surface area contributed by atoms with E-state index < -0.39 is 46.5 Å². The van der Waals surface area contributed by atoms with E-state index in [0.717, 1.165) is 47.4 Å². The van der Waals surface area contributed by atoms with Gasteiger partial charge in [-0.3, -0.25) is 14.5 Å². The molecule has 0 unspecified atom stereocenters. The van der Waals surface area contributed by atoms with Crippen molar-refractivity contribution in [2.24, 2.45) is 0 Å². The molecule has 0 radical (unpaired) electrons. The van der Waals surface area contributed by atoms with Gasteiger partial charge in [0.1, 0.15) is 5.58 Å². The van der Waals surface area contributed by atoms with E-state index in [1.54, 1.807) is 7.11 Å². The number of hydrogen-bond acceptors (Lipinski definition) is 10. The highest BCUT2D eigenvalue weighted by Gasteiger charge is 2.40. The summed E-state index contributed by atoms with van der Waals surface area (Å²) in [7, 11) is -0.351. The van der Waals surface area contributed by atoms with Gasteiger partial charge >= 0.3 is 15.8 Å². The lowest BCUT2D eigenvalue weighted by molar-refractivity contribution is 0.0256. The van der Waals surface area contributed by atoms with Gasteiger partial charge in [-0.25, -0.2) is 18.3 Å². The van der Waals surface area contributed by atoms with Gasteiger partial charge in [0.05, 0.1) is 42.6 Å². The Balaban J connectivity index is 1.17. The van der Waals surface area contributed by atoms with Gasteiger partial charge in [-0.1, -0.05) is 0 Å². The molecule has 0 saturated carbocycles. The monoisotopic (exact) mass is 756 g/mol. The number of hydrogen-bond donors (Lipinski definition) is 1. The van der Waals surface area contributed by atoms with Crippen LogP contribution < -0.4 is 20.1 Å². The van der Waals surface area contributed by atoms with Gasteiger partial charge in [-0.05, 0) is 75.5 Å². The highest BCUT2D eigenvalue weighted by molar-refractivity contribution is 7.87. The molecule has 1 N–H and O–H groups in total. The lowest BCUT2D eigenvalue weighted by atomic mass is 9.92. The Morgan fingerprint density at radius 1 is 1.00 bits per heavy atom. The van der Waals surface area contributed by atoms with Gasteiger partial charge in [0.2, 0.25) is 0 Å². The molecule has 13 nitrogen and oxygen atoms in total. The second-order valence-electron chi connectivity index (χ2n) is 14.7. The van der Waals surface area contributed by atoms with Crippen molar-refractivity contribution in [2.45, 2.75) is 58.0 Å². The predicted octanol–water partition coefficient (Wildman–Crippen LogP) is 3.29. The van der Waals surface area contributed by atoms with E-state index in [0.29, 0.717) is 37.0 Å². The summed E-state index contributed by atoms with van der Waals surface area (Å²) >= 11 is 0. The number of rotatable bonds is 8. The van der Waals surface area contributed by atoms with Gasteiger partial charge in [0.25, 0.3) is 17.7 Å². The van der Waals surface area contributed by atoms with Gasteiger partial charge in [0, 0.05) is 81.5 Å². The lowest BCUT2D eigenvalue weighted by Gasteiger charge is -2.41. The number of likely N-dealkylation sites (N-methyl/N-ethyl adjacent to an activating group) is 1. The Bertz CT molecular complexity index is 2120. The van der Waals surface area contributed by atoms with Gasteiger partial charge in [-0.15, -0.1) is 0 Å². The second kappa shape index (κ2) is 14.3. The molecule has 3 aromatic rings. The zero-order valence-electron chi connectivity index (χ0n) is 30.5. The number of piperazine rings is 1. The largest absolute Gasteiger partial charge is 0.422 e. The number of fused-ring (bicyclic) bond motifs is 3. The molecule has 286 valence electrons. The molecule has 16 heteroatoms. The van der Waals surface area contributed by atoms with Crippen molar-refractivity contribution < 1.29 is 35.9 Å². The van der Waals surface area contributed by atoms with Crippen LogP contribution in [0.25, 0.3) is 11.0 Å². The molecule has 1 aromatic heterocycles. The number of halogens is 2.